The first-order valence-electron chi connectivity index (χ1n) is 6.95. The van der Waals surface area contributed by atoms with Gasteiger partial charge >= 0.3 is 0 Å². The topological polar surface area (TPSA) is 128 Å². The van der Waals surface area contributed by atoms with E-state index in [-0.39, 0.29) is 17.9 Å². The first-order valence-corrected chi connectivity index (χ1v) is 7.77. The van der Waals surface area contributed by atoms with Crippen LogP contribution in [-0.4, -0.2) is 20.7 Å². The maximum Gasteiger partial charge on any atom is 0.279 e. The lowest BCUT2D eigenvalue weighted by Gasteiger charge is -2.03. The van der Waals surface area contributed by atoms with Gasteiger partial charge in [-0.1, -0.05) is 13.8 Å². The molecule has 2 aromatic rings. The van der Waals surface area contributed by atoms with Crippen LogP contribution in [0.5, 0.6) is 0 Å². The summed E-state index contributed by atoms with van der Waals surface area (Å²) in [6.07, 6.45) is 1.39. The standard InChI is InChI=1S/C14H14N4O5S/c1-8(2)12-7-15-14(24-12)16-13(19)5-9-3-4-10(17(20)21)6-11(9)18(22)23/h3-4,6-8H,5H2,1-2H3,(H,15,16,19). The van der Waals surface area contributed by atoms with Crippen LogP contribution >= 0.6 is 11.3 Å². The number of rotatable bonds is 6. The SMILES string of the molecule is CC(C)c1cnc(NC(=O)Cc2ccc([N+](=O)[O-])cc2[N+](=O)[O-])s1. The van der Waals surface area contributed by atoms with Gasteiger partial charge in [-0.2, -0.15) is 0 Å². The van der Waals surface area contributed by atoms with E-state index in [0.29, 0.717) is 5.13 Å². The molecule has 1 amide bonds. The molecule has 0 bridgehead atoms. The van der Waals surface area contributed by atoms with Crippen molar-refractivity contribution in [1.29, 1.82) is 0 Å². The number of hydrogen-bond acceptors (Lipinski definition) is 7. The van der Waals surface area contributed by atoms with Crippen LogP contribution in [0.1, 0.15) is 30.2 Å². The summed E-state index contributed by atoms with van der Waals surface area (Å²) in [4.78, 5) is 37.4. The van der Waals surface area contributed by atoms with Crippen molar-refractivity contribution in [3.8, 4) is 0 Å². The Morgan fingerprint density at radius 1 is 1.29 bits per heavy atom. The molecule has 0 aliphatic carbocycles. The lowest BCUT2D eigenvalue weighted by Crippen LogP contribution is -2.15. The number of amides is 1. The van der Waals surface area contributed by atoms with E-state index < -0.39 is 27.1 Å². The van der Waals surface area contributed by atoms with E-state index in [1.54, 1.807) is 6.20 Å². The average molecular weight is 350 g/mol. The van der Waals surface area contributed by atoms with Gasteiger partial charge in [0.05, 0.1) is 22.3 Å². The molecule has 0 saturated carbocycles. The summed E-state index contributed by atoms with van der Waals surface area (Å²) < 4.78 is 0. The number of benzene rings is 1. The second-order valence-corrected chi connectivity index (χ2v) is 6.34. The third-order valence-electron chi connectivity index (χ3n) is 3.17. The summed E-state index contributed by atoms with van der Waals surface area (Å²) in [6, 6.07) is 3.20. The maximum atomic E-state index is 12.1. The number of nitro groups is 2. The quantitative estimate of drug-likeness (QED) is 0.629. The Bertz CT molecular complexity index is 802. The van der Waals surface area contributed by atoms with Gasteiger partial charge in [0.2, 0.25) is 5.91 Å². The molecule has 1 aromatic heterocycles. The van der Waals surface area contributed by atoms with Crippen molar-refractivity contribution in [2.24, 2.45) is 0 Å². The number of thiazole rings is 1. The number of aromatic nitrogens is 1. The molecular weight excluding hydrogens is 336 g/mol. The van der Waals surface area contributed by atoms with Crippen LogP contribution in [0.2, 0.25) is 0 Å². The van der Waals surface area contributed by atoms with E-state index in [2.05, 4.69) is 10.3 Å². The van der Waals surface area contributed by atoms with Gasteiger partial charge < -0.3 is 5.32 Å². The fourth-order valence-corrected chi connectivity index (χ4v) is 2.77. The van der Waals surface area contributed by atoms with Crippen LogP contribution in [0.4, 0.5) is 16.5 Å². The molecule has 0 unspecified atom stereocenters. The smallest absolute Gasteiger partial charge is 0.279 e. The summed E-state index contributed by atoms with van der Waals surface area (Å²) >= 11 is 1.33. The highest BCUT2D eigenvalue weighted by molar-refractivity contribution is 7.15. The van der Waals surface area contributed by atoms with E-state index in [0.717, 1.165) is 17.0 Å². The van der Waals surface area contributed by atoms with E-state index in [1.807, 2.05) is 13.8 Å². The Morgan fingerprint density at radius 3 is 2.54 bits per heavy atom. The molecule has 2 rings (SSSR count). The van der Waals surface area contributed by atoms with Gasteiger partial charge in [0.15, 0.2) is 5.13 Å². The van der Waals surface area contributed by atoms with Crippen LogP contribution in [0.15, 0.2) is 24.4 Å². The van der Waals surface area contributed by atoms with Crippen molar-refractivity contribution in [3.63, 3.8) is 0 Å². The minimum absolute atomic E-state index is 0.101. The number of anilines is 1. The Labute approximate surface area is 140 Å². The van der Waals surface area contributed by atoms with E-state index in [4.69, 9.17) is 0 Å². The molecule has 24 heavy (non-hydrogen) atoms. The zero-order chi connectivity index (χ0) is 17.9. The lowest BCUT2D eigenvalue weighted by molar-refractivity contribution is -0.394. The molecule has 0 aliphatic rings. The van der Waals surface area contributed by atoms with E-state index >= 15 is 0 Å². The van der Waals surface area contributed by atoms with Crippen LogP contribution in [0.3, 0.4) is 0 Å². The highest BCUT2D eigenvalue weighted by Gasteiger charge is 2.21. The fourth-order valence-electron chi connectivity index (χ4n) is 1.93. The van der Waals surface area contributed by atoms with E-state index in [1.165, 1.54) is 17.4 Å². The van der Waals surface area contributed by atoms with Crippen LogP contribution in [0.25, 0.3) is 0 Å². The number of hydrogen-bond donors (Lipinski definition) is 1. The van der Waals surface area contributed by atoms with E-state index in [9.17, 15) is 25.0 Å². The Kier molecular flexibility index (Phi) is 5.19. The molecule has 0 fully saturated rings. The van der Waals surface area contributed by atoms with Crippen LogP contribution in [0, 0.1) is 20.2 Å². The number of carbonyl (C=O) groups is 1. The molecule has 0 saturated heterocycles. The Morgan fingerprint density at radius 2 is 2.00 bits per heavy atom. The lowest BCUT2D eigenvalue weighted by atomic mass is 10.1. The summed E-state index contributed by atoms with van der Waals surface area (Å²) in [5.41, 5.74) is -0.752. The van der Waals surface area contributed by atoms with Gasteiger partial charge in [0.25, 0.3) is 11.4 Å². The van der Waals surface area contributed by atoms with Crippen LogP contribution < -0.4 is 5.32 Å². The first kappa shape index (κ1) is 17.5. The number of nitro benzene ring substituents is 2. The summed E-state index contributed by atoms with van der Waals surface area (Å²) in [5, 5.41) is 24.8. The highest BCUT2D eigenvalue weighted by Crippen LogP contribution is 2.27. The molecule has 1 heterocycles. The molecule has 0 radical (unpaired) electrons. The average Bonchev–Trinajstić information content (AvgIpc) is 2.95. The van der Waals surface area contributed by atoms with Gasteiger partial charge in [-0.15, -0.1) is 11.3 Å². The maximum absolute atomic E-state index is 12.1. The molecule has 0 spiro atoms. The number of carbonyl (C=O) groups excluding carboxylic acids is 1. The minimum Gasteiger partial charge on any atom is -0.302 e. The van der Waals surface area contributed by atoms with Gasteiger partial charge in [-0.3, -0.25) is 25.0 Å². The van der Waals surface area contributed by atoms with Gasteiger partial charge in [0, 0.05) is 22.7 Å². The number of nitrogens with zero attached hydrogens (tertiary/aromatic N) is 3. The Hall–Kier alpha value is -2.88. The predicted molar refractivity (Wildman–Crippen MR) is 88.3 cm³/mol. The van der Waals surface area contributed by atoms with Gasteiger partial charge in [0.1, 0.15) is 0 Å². The zero-order valence-corrected chi connectivity index (χ0v) is 13.7. The Balaban J connectivity index is 2.15. The van der Waals surface area contributed by atoms with Crippen molar-refractivity contribution in [1.82, 2.24) is 4.98 Å². The molecule has 10 heteroatoms. The van der Waals surface area contributed by atoms with Gasteiger partial charge in [-0.25, -0.2) is 4.98 Å². The minimum atomic E-state index is -0.740. The summed E-state index contributed by atoms with van der Waals surface area (Å²) in [7, 11) is 0. The predicted octanol–water partition coefficient (Wildman–Crippen LogP) is 3.26. The van der Waals surface area contributed by atoms with Crippen LogP contribution in [-0.2, 0) is 11.2 Å². The highest BCUT2D eigenvalue weighted by atomic mass is 32.1. The zero-order valence-electron chi connectivity index (χ0n) is 12.9. The molecular formula is C14H14N4O5S. The second kappa shape index (κ2) is 7.13. The third kappa shape index (κ3) is 4.10. The molecule has 0 aliphatic heterocycles. The first-order chi connectivity index (χ1) is 11.3. The van der Waals surface area contributed by atoms with Crippen molar-refractivity contribution in [3.05, 3.63) is 55.1 Å². The number of non-ortho nitro benzene ring substituents is 1. The number of nitrogens with one attached hydrogen (secondary N) is 1. The monoisotopic (exact) mass is 350 g/mol. The fraction of sp³-hybridized carbons (Fsp3) is 0.286. The van der Waals surface area contributed by atoms with Crippen molar-refractivity contribution < 1.29 is 14.6 Å². The largest absolute Gasteiger partial charge is 0.302 e. The molecule has 0 atom stereocenters. The van der Waals surface area contributed by atoms with Crippen molar-refractivity contribution >= 4 is 33.8 Å². The third-order valence-corrected chi connectivity index (χ3v) is 4.38. The molecule has 9 nitrogen and oxygen atoms in total. The molecule has 126 valence electrons. The normalized spacial score (nSPS) is 10.6. The second-order valence-electron chi connectivity index (χ2n) is 5.27. The summed E-state index contributed by atoms with van der Waals surface area (Å²) in [6.45, 7) is 4.00. The molecule has 1 aromatic carbocycles. The molecule has 1 N–H and O–H groups in total. The van der Waals surface area contributed by atoms with Gasteiger partial charge in [-0.05, 0) is 12.0 Å². The van der Waals surface area contributed by atoms with Crippen molar-refractivity contribution in [2.75, 3.05) is 5.32 Å². The summed E-state index contributed by atoms with van der Waals surface area (Å²) in [5.74, 6) is -0.194. The van der Waals surface area contributed by atoms with Crippen molar-refractivity contribution in [2.45, 2.75) is 26.2 Å².